The lowest BCUT2D eigenvalue weighted by Gasteiger charge is -2.18. The number of nitrogens with one attached hydrogen (secondary N) is 1. The van der Waals surface area contributed by atoms with E-state index in [1.54, 1.807) is 12.1 Å². The molecule has 1 aliphatic rings. The quantitative estimate of drug-likeness (QED) is 0.864. The van der Waals surface area contributed by atoms with E-state index in [1.807, 2.05) is 20.8 Å². The molecule has 1 fully saturated rings. The lowest BCUT2D eigenvalue weighted by atomic mass is 9.93. The molecule has 4 nitrogen and oxygen atoms in total. The molecule has 26 heavy (non-hydrogen) atoms. The van der Waals surface area contributed by atoms with E-state index in [4.69, 9.17) is 0 Å². The second kappa shape index (κ2) is 6.37. The first-order chi connectivity index (χ1) is 12.1. The van der Waals surface area contributed by atoms with Gasteiger partial charge in [0.05, 0.1) is 11.0 Å². The first kappa shape index (κ1) is 18.4. The first-order valence-electron chi connectivity index (χ1n) is 8.46. The van der Waals surface area contributed by atoms with E-state index in [-0.39, 0.29) is 11.8 Å². The third-order valence-electron chi connectivity index (χ3n) is 4.56. The van der Waals surface area contributed by atoms with E-state index >= 15 is 0 Å². The van der Waals surface area contributed by atoms with Crippen molar-refractivity contribution in [1.29, 1.82) is 0 Å². The van der Waals surface area contributed by atoms with Crippen LogP contribution in [0.1, 0.15) is 55.3 Å². The Morgan fingerprint density at radius 3 is 2.46 bits per heavy atom. The van der Waals surface area contributed by atoms with Crippen molar-refractivity contribution in [3.05, 3.63) is 53.0 Å². The molecule has 0 atom stereocenters. The van der Waals surface area contributed by atoms with Crippen molar-refractivity contribution in [2.75, 3.05) is 5.32 Å². The molecular formula is C19H20F3N3O. The number of benzene rings is 1. The molecule has 1 aromatic heterocycles. The maximum atomic E-state index is 13.0. The van der Waals surface area contributed by atoms with Crippen molar-refractivity contribution in [3.63, 3.8) is 0 Å². The number of halogens is 3. The number of nitrogens with zero attached hydrogens (tertiary/aromatic N) is 2. The third-order valence-corrected chi connectivity index (χ3v) is 4.56. The van der Waals surface area contributed by atoms with Crippen LogP contribution in [-0.4, -0.2) is 15.9 Å². The van der Waals surface area contributed by atoms with Crippen LogP contribution in [0.2, 0.25) is 0 Å². The van der Waals surface area contributed by atoms with Crippen LogP contribution in [0.4, 0.5) is 19.0 Å². The van der Waals surface area contributed by atoms with Crippen LogP contribution in [-0.2, 0) is 16.4 Å². The van der Waals surface area contributed by atoms with Gasteiger partial charge < -0.3 is 5.32 Å². The molecule has 3 rings (SSSR count). The molecule has 1 heterocycles. The molecule has 1 aliphatic carbocycles. The largest absolute Gasteiger partial charge is 0.416 e. The number of carbonyl (C=O) groups excluding carboxylic acids is 1. The molecule has 7 heteroatoms. The average Bonchev–Trinajstić information content (AvgIpc) is 3.35. The van der Waals surface area contributed by atoms with Crippen LogP contribution in [0.25, 0.3) is 0 Å². The average molecular weight is 363 g/mol. The number of aromatic nitrogens is 2. The molecular weight excluding hydrogens is 343 g/mol. The summed E-state index contributed by atoms with van der Waals surface area (Å²) in [6.45, 7) is 5.71. The van der Waals surface area contributed by atoms with Gasteiger partial charge in [0.2, 0.25) is 5.91 Å². The summed E-state index contributed by atoms with van der Waals surface area (Å²) in [5.74, 6) is 0.766. The van der Waals surface area contributed by atoms with Crippen molar-refractivity contribution >= 4 is 11.7 Å². The van der Waals surface area contributed by atoms with Crippen LogP contribution in [0, 0.1) is 6.92 Å². The SMILES string of the molecule is Cc1cc(NC(=O)C2(c3cccc(C(F)(F)F)c3)CC2)nc(C(C)C)n1. The van der Waals surface area contributed by atoms with E-state index in [1.165, 1.54) is 6.07 Å². The summed E-state index contributed by atoms with van der Waals surface area (Å²) in [4.78, 5) is 21.5. The Labute approximate surface area is 149 Å². The fourth-order valence-electron chi connectivity index (χ4n) is 2.91. The third kappa shape index (κ3) is 3.57. The van der Waals surface area contributed by atoms with Gasteiger partial charge in [-0.3, -0.25) is 4.79 Å². The van der Waals surface area contributed by atoms with E-state index in [2.05, 4.69) is 15.3 Å². The van der Waals surface area contributed by atoms with E-state index < -0.39 is 17.2 Å². The highest BCUT2D eigenvalue weighted by Gasteiger charge is 2.52. The molecule has 0 aliphatic heterocycles. The molecule has 1 N–H and O–H groups in total. The number of alkyl halides is 3. The van der Waals surface area contributed by atoms with Crippen molar-refractivity contribution in [3.8, 4) is 0 Å². The summed E-state index contributed by atoms with van der Waals surface area (Å²) >= 11 is 0. The fraction of sp³-hybridized carbons (Fsp3) is 0.421. The number of aryl methyl sites for hydroxylation is 1. The zero-order valence-electron chi connectivity index (χ0n) is 14.8. The first-order valence-corrected chi connectivity index (χ1v) is 8.46. The minimum absolute atomic E-state index is 0.101. The van der Waals surface area contributed by atoms with Gasteiger partial charge in [0.25, 0.3) is 0 Å². The van der Waals surface area contributed by atoms with E-state index in [0.29, 0.717) is 30.0 Å². The number of rotatable bonds is 4. The topological polar surface area (TPSA) is 54.9 Å². The van der Waals surface area contributed by atoms with Crippen molar-refractivity contribution < 1.29 is 18.0 Å². The van der Waals surface area contributed by atoms with E-state index in [9.17, 15) is 18.0 Å². The predicted molar refractivity (Wildman–Crippen MR) is 91.8 cm³/mol. The lowest BCUT2D eigenvalue weighted by molar-refractivity contribution is -0.137. The smallest absolute Gasteiger partial charge is 0.310 e. The highest BCUT2D eigenvalue weighted by Crippen LogP contribution is 2.49. The number of hydrogen-bond donors (Lipinski definition) is 1. The van der Waals surface area contributed by atoms with Crippen LogP contribution in [0.3, 0.4) is 0 Å². The summed E-state index contributed by atoms with van der Waals surface area (Å²) in [6, 6.07) is 6.66. The second-order valence-electron chi connectivity index (χ2n) is 7.02. The van der Waals surface area contributed by atoms with Crippen LogP contribution < -0.4 is 5.32 Å². The Kier molecular flexibility index (Phi) is 4.50. The maximum absolute atomic E-state index is 13.0. The van der Waals surface area contributed by atoms with Gasteiger partial charge >= 0.3 is 6.18 Å². The van der Waals surface area contributed by atoms with Crippen LogP contribution in [0.15, 0.2) is 30.3 Å². The lowest BCUT2D eigenvalue weighted by Crippen LogP contribution is -2.29. The van der Waals surface area contributed by atoms with Gasteiger partial charge in [-0.25, -0.2) is 9.97 Å². The molecule has 138 valence electrons. The fourth-order valence-corrected chi connectivity index (χ4v) is 2.91. The van der Waals surface area contributed by atoms with Gasteiger partial charge in [-0.2, -0.15) is 13.2 Å². The van der Waals surface area contributed by atoms with Gasteiger partial charge in [0.15, 0.2) is 0 Å². The summed E-state index contributed by atoms with van der Waals surface area (Å²) in [5.41, 5.74) is -0.547. The Hall–Kier alpha value is -2.44. The molecule has 0 saturated heterocycles. The number of carbonyl (C=O) groups is 1. The molecule has 0 bridgehead atoms. The predicted octanol–water partition coefficient (Wildman–Crippen LogP) is 4.60. The van der Waals surface area contributed by atoms with E-state index in [0.717, 1.165) is 17.8 Å². The zero-order chi connectivity index (χ0) is 19.1. The normalized spacial score (nSPS) is 15.8. The Balaban J connectivity index is 1.87. The molecule has 1 saturated carbocycles. The zero-order valence-corrected chi connectivity index (χ0v) is 14.8. The van der Waals surface area contributed by atoms with Crippen molar-refractivity contribution in [1.82, 2.24) is 9.97 Å². The number of anilines is 1. The summed E-state index contributed by atoms with van der Waals surface area (Å²) in [6.07, 6.45) is -3.40. The van der Waals surface area contributed by atoms with Gasteiger partial charge in [0.1, 0.15) is 11.6 Å². The minimum Gasteiger partial charge on any atom is -0.310 e. The summed E-state index contributed by atoms with van der Waals surface area (Å²) in [7, 11) is 0. The molecule has 0 radical (unpaired) electrons. The summed E-state index contributed by atoms with van der Waals surface area (Å²) < 4.78 is 38.9. The van der Waals surface area contributed by atoms with Gasteiger partial charge in [-0.1, -0.05) is 32.0 Å². The molecule has 2 aromatic rings. The molecule has 1 aromatic carbocycles. The minimum atomic E-state index is -4.43. The van der Waals surface area contributed by atoms with Crippen LogP contribution >= 0.6 is 0 Å². The Morgan fingerprint density at radius 2 is 1.88 bits per heavy atom. The number of amides is 1. The monoisotopic (exact) mass is 363 g/mol. The van der Waals surface area contributed by atoms with Gasteiger partial charge in [-0.05, 0) is 31.4 Å². The van der Waals surface area contributed by atoms with Gasteiger partial charge in [-0.15, -0.1) is 0 Å². The summed E-state index contributed by atoms with van der Waals surface area (Å²) in [5, 5.41) is 2.77. The Morgan fingerprint density at radius 1 is 1.19 bits per heavy atom. The van der Waals surface area contributed by atoms with Crippen molar-refractivity contribution in [2.24, 2.45) is 0 Å². The number of hydrogen-bond acceptors (Lipinski definition) is 3. The van der Waals surface area contributed by atoms with Crippen LogP contribution in [0.5, 0.6) is 0 Å². The van der Waals surface area contributed by atoms with Gasteiger partial charge in [0, 0.05) is 17.7 Å². The molecule has 0 spiro atoms. The Bertz CT molecular complexity index is 842. The highest BCUT2D eigenvalue weighted by atomic mass is 19.4. The second-order valence-corrected chi connectivity index (χ2v) is 7.02. The standard InChI is InChI=1S/C19H20F3N3O/c1-11(2)16-23-12(3)9-15(24-16)25-17(26)18(7-8-18)13-5-4-6-14(10-13)19(20,21)22/h4-6,9-11H,7-8H2,1-3H3,(H,23,24,25,26). The van der Waals surface area contributed by atoms with Crippen molar-refractivity contribution in [2.45, 2.75) is 51.1 Å². The molecule has 1 amide bonds. The molecule has 0 unspecified atom stereocenters. The highest BCUT2D eigenvalue weighted by molar-refractivity contribution is 6.00. The maximum Gasteiger partial charge on any atom is 0.416 e.